The number of benzene rings is 2. The van der Waals surface area contributed by atoms with Crippen molar-refractivity contribution in [3.05, 3.63) is 57.0 Å². The minimum Gasteiger partial charge on any atom is -0.367 e. The van der Waals surface area contributed by atoms with Gasteiger partial charge in [-0.25, -0.2) is 0 Å². The second-order valence-corrected chi connectivity index (χ2v) is 6.16. The van der Waals surface area contributed by atoms with E-state index in [1.54, 1.807) is 18.2 Å². The highest BCUT2D eigenvalue weighted by molar-refractivity contribution is 9.10. The molecule has 6 heteroatoms. The maximum atomic E-state index is 6.26. The fourth-order valence-electron chi connectivity index (χ4n) is 2.06. The zero-order valence-corrected chi connectivity index (χ0v) is 13.7. The second kappa shape index (κ2) is 5.72. The summed E-state index contributed by atoms with van der Waals surface area (Å²) in [5.41, 5.74) is 8.85. The molecule has 3 nitrogen and oxygen atoms in total. The highest BCUT2D eigenvalue weighted by Crippen LogP contribution is 2.40. The van der Waals surface area contributed by atoms with Gasteiger partial charge < -0.3 is 10.3 Å². The Balaban J connectivity index is 2.19. The minimum atomic E-state index is 0.220. The molecular weight excluding hydrogens is 375 g/mol. The first-order valence-corrected chi connectivity index (χ1v) is 7.57. The molecule has 0 amide bonds. The molecule has 0 saturated carbocycles. The maximum absolute atomic E-state index is 6.26. The predicted octanol–water partition coefficient (Wildman–Crippen LogP) is 5.66. The smallest absolute Gasteiger partial charge is 0.230 e. The minimum absolute atomic E-state index is 0.220. The summed E-state index contributed by atoms with van der Waals surface area (Å²) in [7, 11) is 0. The van der Waals surface area contributed by atoms with E-state index in [0.29, 0.717) is 21.3 Å². The lowest BCUT2D eigenvalue weighted by atomic mass is 10.0. The largest absolute Gasteiger partial charge is 0.367 e. The van der Waals surface area contributed by atoms with E-state index in [1.165, 1.54) is 0 Å². The van der Waals surface area contributed by atoms with Gasteiger partial charge in [0.05, 0.1) is 10.6 Å². The number of hydrogen-bond donors (Lipinski definition) is 1. The van der Waals surface area contributed by atoms with Crippen molar-refractivity contribution in [2.24, 2.45) is 0 Å². The molecule has 2 aromatic carbocycles. The summed E-state index contributed by atoms with van der Waals surface area (Å²) in [5.74, 6) is 0.220. The van der Waals surface area contributed by atoms with Gasteiger partial charge in [0.2, 0.25) is 5.88 Å². The Hall–Kier alpha value is -1.49. The molecule has 0 spiro atoms. The van der Waals surface area contributed by atoms with Gasteiger partial charge in [-0.1, -0.05) is 62.5 Å². The van der Waals surface area contributed by atoms with Crippen LogP contribution >= 0.6 is 39.1 Å². The van der Waals surface area contributed by atoms with Crippen LogP contribution in [-0.2, 0) is 0 Å². The predicted molar refractivity (Wildman–Crippen MR) is 89.5 cm³/mol. The van der Waals surface area contributed by atoms with Crippen LogP contribution in [0.5, 0.6) is 0 Å². The van der Waals surface area contributed by atoms with Crippen LogP contribution in [0.3, 0.4) is 0 Å². The van der Waals surface area contributed by atoms with Gasteiger partial charge in [0.25, 0.3) is 0 Å². The average molecular weight is 384 g/mol. The van der Waals surface area contributed by atoms with E-state index < -0.39 is 0 Å². The highest BCUT2D eigenvalue weighted by atomic mass is 79.9. The van der Waals surface area contributed by atoms with Crippen LogP contribution in [-0.4, -0.2) is 5.16 Å². The molecule has 0 aliphatic rings. The standard InChI is InChI=1S/C15H9BrCl2N2O/c16-9-3-1-8(2-4-9)14-13(15(19)21-20-14)11-6-5-10(17)7-12(11)18/h1-7H,19H2. The molecule has 1 heterocycles. The van der Waals surface area contributed by atoms with Crippen molar-refractivity contribution in [3.8, 4) is 22.4 Å². The van der Waals surface area contributed by atoms with Crippen LogP contribution in [0, 0.1) is 0 Å². The van der Waals surface area contributed by atoms with E-state index in [2.05, 4.69) is 21.1 Å². The van der Waals surface area contributed by atoms with E-state index in [-0.39, 0.29) is 5.88 Å². The van der Waals surface area contributed by atoms with Gasteiger partial charge in [0, 0.05) is 20.6 Å². The van der Waals surface area contributed by atoms with Gasteiger partial charge in [-0.15, -0.1) is 0 Å². The van der Waals surface area contributed by atoms with Crippen molar-refractivity contribution in [1.82, 2.24) is 5.16 Å². The van der Waals surface area contributed by atoms with Gasteiger partial charge in [-0.2, -0.15) is 0 Å². The Morgan fingerprint density at radius 2 is 1.76 bits per heavy atom. The van der Waals surface area contributed by atoms with Crippen LogP contribution < -0.4 is 5.73 Å². The van der Waals surface area contributed by atoms with Crippen molar-refractivity contribution in [2.75, 3.05) is 5.73 Å². The second-order valence-electron chi connectivity index (χ2n) is 4.40. The van der Waals surface area contributed by atoms with Crippen molar-refractivity contribution in [1.29, 1.82) is 0 Å². The molecule has 0 unspecified atom stereocenters. The topological polar surface area (TPSA) is 52.0 Å². The maximum Gasteiger partial charge on any atom is 0.230 e. The van der Waals surface area contributed by atoms with E-state index in [4.69, 9.17) is 33.5 Å². The van der Waals surface area contributed by atoms with Gasteiger partial charge >= 0.3 is 0 Å². The summed E-state index contributed by atoms with van der Waals surface area (Å²) in [4.78, 5) is 0. The van der Waals surface area contributed by atoms with Gasteiger partial charge in [0.15, 0.2) is 0 Å². The van der Waals surface area contributed by atoms with E-state index in [1.807, 2.05) is 24.3 Å². The molecule has 0 radical (unpaired) electrons. The molecule has 0 bridgehead atoms. The Labute approximate surface area is 139 Å². The van der Waals surface area contributed by atoms with Gasteiger partial charge in [-0.05, 0) is 24.3 Å². The van der Waals surface area contributed by atoms with E-state index >= 15 is 0 Å². The molecule has 0 atom stereocenters. The number of hydrogen-bond acceptors (Lipinski definition) is 3. The lowest BCUT2D eigenvalue weighted by molar-refractivity contribution is 0.439. The van der Waals surface area contributed by atoms with Crippen molar-refractivity contribution in [2.45, 2.75) is 0 Å². The normalized spacial score (nSPS) is 10.8. The molecule has 106 valence electrons. The Kier molecular flexibility index (Phi) is 3.93. The van der Waals surface area contributed by atoms with Crippen LogP contribution in [0.1, 0.15) is 0 Å². The monoisotopic (exact) mass is 382 g/mol. The molecule has 0 fully saturated rings. The summed E-state index contributed by atoms with van der Waals surface area (Å²) in [6, 6.07) is 12.9. The van der Waals surface area contributed by atoms with Crippen LogP contribution in [0.2, 0.25) is 10.0 Å². The first-order chi connectivity index (χ1) is 10.1. The third-order valence-electron chi connectivity index (χ3n) is 3.04. The van der Waals surface area contributed by atoms with Crippen LogP contribution in [0.15, 0.2) is 51.5 Å². The first-order valence-electron chi connectivity index (χ1n) is 6.03. The SMILES string of the molecule is Nc1onc(-c2ccc(Br)cc2)c1-c1ccc(Cl)cc1Cl. The lowest BCUT2D eigenvalue weighted by Gasteiger charge is -2.06. The number of anilines is 1. The number of halogens is 3. The quantitative estimate of drug-likeness (QED) is 0.621. The first kappa shape index (κ1) is 14.4. The fourth-order valence-corrected chi connectivity index (χ4v) is 2.83. The highest BCUT2D eigenvalue weighted by Gasteiger charge is 2.19. The Bertz CT molecular complexity index is 800. The van der Waals surface area contributed by atoms with E-state index in [9.17, 15) is 0 Å². The fraction of sp³-hybridized carbons (Fsp3) is 0. The molecular formula is C15H9BrCl2N2O. The average Bonchev–Trinajstić information content (AvgIpc) is 2.82. The molecule has 2 N–H and O–H groups in total. The number of aromatic nitrogens is 1. The molecule has 0 aliphatic carbocycles. The zero-order valence-electron chi connectivity index (χ0n) is 10.6. The summed E-state index contributed by atoms with van der Waals surface area (Å²) in [6.45, 7) is 0. The lowest BCUT2D eigenvalue weighted by Crippen LogP contribution is -1.89. The zero-order chi connectivity index (χ0) is 15.0. The summed E-state index contributed by atoms with van der Waals surface area (Å²) < 4.78 is 6.12. The Morgan fingerprint density at radius 3 is 2.43 bits per heavy atom. The molecule has 1 aromatic heterocycles. The summed E-state index contributed by atoms with van der Waals surface area (Å²) in [6.07, 6.45) is 0. The van der Waals surface area contributed by atoms with Crippen LogP contribution in [0.25, 0.3) is 22.4 Å². The molecule has 3 aromatic rings. The van der Waals surface area contributed by atoms with Gasteiger partial charge in [0.1, 0.15) is 5.69 Å². The van der Waals surface area contributed by atoms with Crippen molar-refractivity contribution in [3.63, 3.8) is 0 Å². The third-order valence-corrected chi connectivity index (χ3v) is 4.11. The number of rotatable bonds is 2. The number of nitrogens with two attached hydrogens (primary N) is 1. The molecule has 21 heavy (non-hydrogen) atoms. The molecule has 3 rings (SSSR count). The van der Waals surface area contributed by atoms with Crippen molar-refractivity contribution >= 4 is 45.0 Å². The molecule has 0 saturated heterocycles. The number of nitrogens with zero attached hydrogens (tertiary/aromatic N) is 1. The summed E-state index contributed by atoms with van der Waals surface area (Å²) in [5, 5.41) is 5.10. The summed E-state index contributed by atoms with van der Waals surface area (Å²) >= 11 is 15.6. The molecule has 0 aliphatic heterocycles. The van der Waals surface area contributed by atoms with Crippen molar-refractivity contribution < 1.29 is 4.52 Å². The third kappa shape index (κ3) is 2.79. The Morgan fingerprint density at radius 1 is 1.05 bits per heavy atom. The van der Waals surface area contributed by atoms with Gasteiger partial charge in [-0.3, -0.25) is 0 Å². The number of nitrogen functional groups attached to an aromatic ring is 1. The van der Waals surface area contributed by atoms with E-state index in [0.717, 1.165) is 15.6 Å². The van der Waals surface area contributed by atoms with Crippen LogP contribution in [0.4, 0.5) is 5.88 Å².